The van der Waals surface area contributed by atoms with Gasteiger partial charge in [-0.3, -0.25) is 19.8 Å². The van der Waals surface area contributed by atoms with Crippen LogP contribution < -0.4 is 20.6 Å². The van der Waals surface area contributed by atoms with Gasteiger partial charge in [0.25, 0.3) is 11.1 Å². The van der Waals surface area contributed by atoms with Gasteiger partial charge in [0.15, 0.2) is 11.5 Å². The highest BCUT2D eigenvalue weighted by Crippen LogP contribution is 2.37. The minimum Gasteiger partial charge on any atom is -0.490 e. The van der Waals surface area contributed by atoms with Gasteiger partial charge in [0, 0.05) is 17.3 Å². The molecule has 0 aliphatic heterocycles. The second-order valence-electron chi connectivity index (χ2n) is 8.07. The van der Waals surface area contributed by atoms with Crippen LogP contribution in [0, 0.1) is 20.8 Å². The third-order valence-corrected chi connectivity index (χ3v) is 5.66. The number of esters is 1. The number of aryl methyl sites for hydroxylation is 3. The molecule has 0 saturated heterocycles. The zero-order chi connectivity index (χ0) is 24.4. The zero-order valence-electron chi connectivity index (χ0n) is 19.4. The molecular formula is C25H26N4O5. The maximum Gasteiger partial charge on any atom is 0.343 e. The molecular weight excluding hydrogens is 436 g/mol. The Kier molecular flexibility index (Phi) is 6.27. The molecule has 0 saturated carbocycles. The number of H-pyrrole nitrogens is 4. The quantitative estimate of drug-likeness (QED) is 0.247. The van der Waals surface area contributed by atoms with Gasteiger partial charge in [0.1, 0.15) is 0 Å². The summed E-state index contributed by atoms with van der Waals surface area (Å²) in [5, 5.41) is 10.8. The highest BCUT2D eigenvalue weighted by atomic mass is 16.6. The summed E-state index contributed by atoms with van der Waals surface area (Å²) in [6, 6.07) is 12.2. The fourth-order valence-corrected chi connectivity index (χ4v) is 4.07. The molecule has 4 N–H and O–H groups in total. The van der Waals surface area contributed by atoms with Gasteiger partial charge in [-0.05, 0) is 57.5 Å². The molecule has 9 nitrogen and oxygen atoms in total. The number of aromatic amines is 4. The summed E-state index contributed by atoms with van der Waals surface area (Å²) in [6.45, 7) is 7.57. The highest BCUT2D eigenvalue weighted by Gasteiger charge is 2.29. The van der Waals surface area contributed by atoms with Gasteiger partial charge in [-0.25, -0.2) is 4.79 Å². The van der Waals surface area contributed by atoms with Gasteiger partial charge >= 0.3 is 5.97 Å². The summed E-state index contributed by atoms with van der Waals surface area (Å²) in [7, 11) is 0. The lowest BCUT2D eigenvalue weighted by atomic mass is 9.85. The van der Waals surface area contributed by atoms with Crippen molar-refractivity contribution in [1.82, 2.24) is 20.4 Å². The van der Waals surface area contributed by atoms with E-state index in [9.17, 15) is 14.4 Å². The molecule has 2 heterocycles. The number of hydrogen-bond acceptors (Lipinski definition) is 5. The molecule has 2 aromatic heterocycles. The molecule has 0 aliphatic rings. The van der Waals surface area contributed by atoms with E-state index in [4.69, 9.17) is 9.47 Å². The van der Waals surface area contributed by atoms with Crippen LogP contribution in [0.25, 0.3) is 0 Å². The molecule has 0 bridgehead atoms. The molecule has 2 aromatic carbocycles. The number of carbonyl (C=O) groups is 1. The van der Waals surface area contributed by atoms with Crippen molar-refractivity contribution in [3.05, 3.63) is 102 Å². The maximum absolute atomic E-state index is 12.7. The second-order valence-corrected chi connectivity index (χ2v) is 8.07. The van der Waals surface area contributed by atoms with E-state index in [0.717, 1.165) is 5.56 Å². The molecule has 0 unspecified atom stereocenters. The highest BCUT2D eigenvalue weighted by molar-refractivity contribution is 5.91. The smallest absolute Gasteiger partial charge is 0.343 e. The van der Waals surface area contributed by atoms with Gasteiger partial charge < -0.3 is 19.7 Å². The van der Waals surface area contributed by atoms with Crippen molar-refractivity contribution in [2.75, 3.05) is 6.61 Å². The van der Waals surface area contributed by atoms with E-state index in [0.29, 0.717) is 46.0 Å². The first kappa shape index (κ1) is 22.9. The van der Waals surface area contributed by atoms with Gasteiger partial charge in [-0.15, -0.1) is 0 Å². The SMILES string of the molecule is CCOc1cc(C(c2c(C)[nH][nH]c2=O)c2c(C)[nH][nH]c2=O)ccc1OC(=O)c1cccc(C)c1. The number of benzene rings is 2. The third-order valence-electron chi connectivity index (χ3n) is 5.66. The van der Waals surface area contributed by atoms with Gasteiger partial charge in [-0.1, -0.05) is 23.8 Å². The maximum atomic E-state index is 12.7. The lowest BCUT2D eigenvalue weighted by molar-refractivity contribution is 0.0728. The Labute approximate surface area is 195 Å². The van der Waals surface area contributed by atoms with Gasteiger partial charge in [0.05, 0.1) is 23.3 Å². The minimum atomic E-state index is -0.675. The van der Waals surface area contributed by atoms with E-state index >= 15 is 0 Å². The van der Waals surface area contributed by atoms with Crippen LogP contribution in [0.2, 0.25) is 0 Å². The molecule has 0 spiro atoms. The minimum absolute atomic E-state index is 0.246. The lowest BCUT2D eigenvalue weighted by Gasteiger charge is -2.18. The van der Waals surface area contributed by atoms with E-state index in [-0.39, 0.29) is 16.9 Å². The van der Waals surface area contributed by atoms with E-state index in [2.05, 4.69) is 20.4 Å². The molecule has 34 heavy (non-hydrogen) atoms. The molecule has 0 atom stereocenters. The summed E-state index contributed by atoms with van der Waals surface area (Å²) in [6.07, 6.45) is 0. The Bertz CT molecular complexity index is 1400. The van der Waals surface area contributed by atoms with Crippen molar-refractivity contribution < 1.29 is 14.3 Å². The number of nitrogens with one attached hydrogen (secondary N) is 4. The van der Waals surface area contributed by atoms with Crippen LogP contribution in [-0.2, 0) is 0 Å². The number of aromatic nitrogens is 4. The predicted octanol–water partition coefficient (Wildman–Crippen LogP) is 3.44. The molecule has 0 amide bonds. The largest absolute Gasteiger partial charge is 0.490 e. The van der Waals surface area contributed by atoms with Crippen molar-refractivity contribution >= 4 is 5.97 Å². The van der Waals surface area contributed by atoms with Crippen LogP contribution in [0.15, 0.2) is 52.1 Å². The Morgan fingerprint density at radius 1 is 0.853 bits per heavy atom. The standard InChI is InChI=1S/C25H26N4O5/c1-5-33-19-12-16(9-10-18(19)34-25(32)17-8-6-7-13(2)11-17)22(20-14(3)26-28-23(20)30)21-15(4)27-29-24(21)31/h6-12,22H,5H2,1-4H3,(H2,26,28,30)(H2,27,29,31). The summed E-state index contributed by atoms with van der Waals surface area (Å²) < 4.78 is 11.4. The fraction of sp³-hybridized carbons (Fsp3) is 0.240. The fourth-order valence-electron chi connectivity index (χ4n) is 4.07. The molecule has 0 radical (unpaired) electrons. The average molecular weight is 463 g/mol. The number of hydrogen-bond donors (Lipinski definition) is 4. The first-order chi connectivity index (χ1) is 16.3. The van der Waals surface area contributed by atoms with Gasteiger partial charge in [-0.2, -0.15) is 0 Å². The second kappa shape index (κ2) is 9.30. The number of ether oxygens (including phenoxy) is 2. The van der Waals surface area contributed by atoms with Crippen molar-refractivity contribution in [3.63, 3.8) is 0 Å². The zero-order valence-corrected chi connectivity index (χ0v) is 19.4. The Hall–Kier alpha value is -4.27. The van der Waals surface area contributed by atoms with Crippen LogP contribution in [0.5, 0.6) is 11.5 Å². The summed E-state index contributed by atoms with van der Waals surface area (Å²) >= 11 is 0. The molecule has 9 heteroatoms. The predicted molar refractivity (Wildman–Crippen MR) is 127 cm³/mol. The van der Waals surface area contributed by atoms with Crippen molar-refractivity contribution in [2.45, 2.75) is 33.6 Å². The number of carbonyl (C=O) groups excluding carboxylic acids is 1. The van der Waals surface area contributed by atoms with Crippen LogP contribution >= 0.6 is 0 Å². The molecule has 0 fully saturated rings. The Morgan fingerprint density at radius 3 is 2.03 bits per heavy atom. The average Bonchev–Trinajstić information content (AvgIpc) is 3.32. The van der Waals surface area contributed by atoms with Crippen LogP contribution in [0.4, 0.5) is 0 Å². The third kappa shape index (κ3) is 4.32. The lowest BCUT2D eigenvalue weighted by Crippen LogP contribution is -2.20. The molecule has 4 aromatic rings. The first-order valence-corrected chi connectivity index (χ1v) is 10.9. The topological polar surface area (TPSA) is 133 Å². The summed E-state index contributed by atoms with van der Waals surface area (Å²) in [4.78, 5) is 38.1. The van der Waals surface area contributed by atoms with Crippen LogP contribution in [0.1, 0.15) is 56.8 Å². The molecule has 176 valence electrons. The van der Waals surface area contributed by atoms with E-state index in [1.807, 2.05) is 19.9 Å². The van der Waals surface area contributed by atoms with E-state index in [1.165, 1.54) is 0 Å². The van der Waals surface area contributed by atoms with Crippen molar-refractivity contribution in [2.24, 2.45) is 0 Å². The van der Waals surface area contributed by atoms with E-state index in [1.54, 1.807) is 50.2 Å². The molecule has 4 rings (SSSR count). The van der Waals surface area contributed by atoms with Gasteiger partial charge in [0.2, 0.25) is 0 Å². The van der Waals surface area contributed by atoms with Crippen LogP contribution in [0.3, 0.4) is 0 Å². The normalized spacial score (nSPS) is 11.1. The molecule has 0 aliphatic carbocycles. The Morgan fingerprint density at radius 2 is 1.50 bits per heavy atom. The summed E-state index contributed by atoms with van der Waals surface area (Å²) in [5.41, 5.74) is 3.42. The first-order valence-electron chi connectivity index (χ1n) is 10.9. The Balaban J connectivity index is 1.81. The van der Waals surface area contributed by atoms with Crippen LogP contribution in [-0.4, -0.2) is 33.0 Å². The van der Waals surface area contributed by atoms with E-state index < -0.39 is 11.9 Å². The van der Waals surface area contributed by atoms with Crippen molar-refractivity contribution in [3.8, 4) is 11.5 Å². The summed E-state index contributed by atoms with van der Waals surface area (Å²) in [5.74, 6) is -0.606. The monoisotopic (exact) mass is 462 g/mol. The van der Waals surface area contributed by atoms with Crippen molar-refractivity contribution in [1.29, 1.82) is 0 Å². The number of rotatable bonds is 7.